The molecule has 4 heteroatoms. The molecule has 2 heterocycles. The van der Waals surface area contributed by atoms with Crippen LogP contribution < -0.4 is 10.6 Å². The Morgan fingerprint density at radius 3 is 2.53 bits per heavy atom. The van der Waals surface area contributed by atoms with E-state index in [1.165, 1.54) is 25.7 Å². The topological polar surface area (TPSA) is 58.0 Å². The average Bonchev–Trinajstić information content (AvgIpc) is 2.60. The molecule has 1 aliphatic rings. The summed E-state index contributed by atoms with van der Waals surface area (Å²) in [6, 6.07) is 4.11. The third-order valence-corrected chi connectivity index (χ3v) is 3.85. The van der Waals surface area contributed by atoms with Gasteiger partial charge in [0.15, 0.2) is 0 Å². The van der Waals surface area contributed by atoms with Gasteiger partial charge < -0.3 is 15.2 Å². The molecule has 0 unspecified atom stereocenters. The van der Waals surface area contributed by atoms with E-state index in [4.69, 9.17) is 5.73 Å². The number of unbranched alkanes of at least 4 members (excludes halogenated alkanes) is 1. The molecule has 1 aromatic heterocycles. The number of hydrogen-bond donors (Lipinski definition) is 1. The van der Waals surface area contributed by atoms with Crippen molar-refractivity contribution in [3.05, 3.63) is 11.8 Å². The first kappa shape index (κ1) is 13.8. The highest BCUT2D eigenvalue weighted by Crippen LogP contribution is 2.30. The minimum absolute atomic E-state index is 0.699. The fraction of sp³-hybridized carbons (Fsp3) is 0.667. The lowest BCUT2D eigenvalue weighted by Crippen LogP contribution is -2.27. The van der Waals surface area contributed by atoms with Crippen molar-refractivity contribution in [2.45, 2.75) is 52.0 Å². The molecule has 4 nitrogen and oxygen atoms in total. The minimum Gasteiger partial charge on any atom is -0.396 e. The normalized spacial score (nSPS) is 16.1. The average molecular weight is 260 g/mol. The van der Waals surface area contributed by atoms with Crippen LogP contribution in [0, 0.1) is 11.3 Å². The second-order valence-corrected chi connectivity index (χ2v) is 5.33. The molecular formula is C15H24N4. The highest BCUT2D eigenvalue weighted by Gasteiger charge is 2.19. The van der Waals surface area contributed by atoms with Gasteiger partial charge in [-0.2, -0.15) is 5.26 Å². The lowest BCUT2D eigenvalue weighted by Gasteiger charge is -2.25. The Bertz CT molecular complexity index is 447. The van der Waals surface area contributed by atoms with E-state index in [-0.39, 0.29) is 0 Å². The van der Waals surface area contributed by atoms with E-state index in [9.17, 15) is 5.26 Å². The molecule has 0 saturated carbocycles. The summed E-state index contributed by atoms with van der Waals surface area (Å²) in [7, 11) is 0. The molecule has 0 aliphatic carbocycles. The number of anilines is 2. The van der Waals surface area contributed by atoms with Crippen LogP contribution in [-0.4, -0.2) is 17.7 Å². The zero-order valence-corrected chi connectivity index (χ0v) is 11.9. The SMILES string of the molecule is CCCCn1c(C#N)cc(N)c1N1CCCCCC1. The van der Waals surface area contributed by atoms with E-state index >= 15 is 0 Å². The van der Waals surface area contributed by atoms with Crippen molar-refractivity contribution in [2.24, 2.45) is 0 Å². The summed E-state index contributed by atoms with van der Waals surface area (Å²) in [5.41, 5.74) is 7.62. The van der Waals surface area contributed by atoms with Crippen molar-refractivity contribution < 1.29 is 0 Å². The standard InChI is InChI=1S/C15H24N4/c1-2-3-10-19-13(12-16)11-14(17)15(19)18-8-6-4-5-7-9-18/h11H,2-10,17H2,1H3. The third-order valence-electron chi connectivity index (χ3n) is 3.85. The molecule has 0 atom stereocenters. The first-order valence-electron chi connectivity index (χ1n) is 7.42. The Morgan fingerprint density at radius 2 is 1.95 bits per heavy atom. The zero-order chi connectivity index (χ0) is 13.7. The van der Waals surface area contributed by atoms with Gasteiger partial charge in [-0.3, -0.25) is 0 Å². The molecule has 0 aromatic carbocycles. The Labute approximate surface area is 115 Å². The summed E-state index contributed by atoms with van der Waals surface area (Å²) in [5.74, 6) is 1.08. The van der Waals surface area contributed by atoms with Gasteiger partial charge in [0, 0.05) is 19.6 Å². The van der Waals surface area contributed by atoms with Gasteiger partial charge in [-0.15, -0.1) is 0 Å². The van der Waals surface area contributed by atoms with E-state index in [0.717, 1.165) is 44.0 Å². The number of hydrogen-bond acceptors (Lipinski definition) is 3. The second-order valence-electron chi connectivity index (χ2n) is 5.33. The van der Waals surface area contributed by atoms with Crippen LogP contribution in [0.15, 0.2) is 6.07 Å². The van der Waals surface area contributed by atoms with Gasteiger partial charge in [0.2, 0.25) is 0 Å². The van der Waals surface area contributed by atoms with Gasteiger partial charge in [-0.05, 0) is 25.3 Å². The number of nitrogens with zero attached hydrogens (tertiary/aromatic N) is 3. The Kier molecular flexibility index (Phi) is 4.73. The number of rotatable bonds is 4. The van der Waals surface area contributed by atoms with Crippen LogP contribution in [0.25, 0.3) is 0 Å². The minimum atomic E-state index is 0.699. The van der Waals surface area contributed by atoms with Crippen LogP contribution in [-0.2, 0) is 6.54 Å². The fourth-order valence-electron chi connectivity index (χ4n) is 2.83. The molecular weight excluding hydrogens is 236 g/mol. The lowest BCUT2D eigenvalue weighted by molar-refractivity contribution is 0.615. The van der Waals surface area contributed by atoms with Gasteiger partial charge in [0.25, 0.3) is 0 Å². The summed E-state index contributed by atoms with van der Waals surface area (Å²) in [4.78, 5) is 2.37. The fourth-order valence-corrected chi connectivity index (χ4v) is 2.83. The van der Waals surface area contributed by atoms with Gasteiger partial charge >= 0.3 is 0 Å². The van der Waals surface area contributed by atoms with Crippen molar-refractivity contribution in [3.63, 3.8) is 0 Å². The first-order valence-corrected chi connectivity index (χ1v) is 7.42. The van der Waals surface area contributed by atoms with Crippen molar-refractivity contribution >= 4 is 11.5 Å². The molecule has 104 valence electrons. The van der Waals surface area contributed by atoms with E-state index in [2.05, 4.69) is 22.5 Å². The summed E-state index contributed by atoms with van der Waals surface area (Å²) in [6.07, 6.45) is 7.26. The van der Waals surface area contributed by atoms with Crippen LogP contribution in [0.4, 0.5) is 11.5 Å². The Morgan fingerprint density at radius 1 is 1.26 bits per heavy atom. The summed E-state index contributed by atoms with van der Waals surface area (Å²) in [5, 5.41) is 9.26. The van der Waals surface area contributed by atoms with Crippen molar-refractivity contribution in [2.75, 3.05) is 23.7 Å². The first-order chi connectivity index (χ1) is 9.27. The van der Waals surface area contributed by atoms with E-state index in [1.54, 1.807) is 0 Å². The van der Waals surface area contributed by atoms with Crippen molar-refractivity contribution in [3.8, 4) is 6.07 Å². The van der Waals surface area contributed by atoms with Crippen LogP contribution >= 0.6 is 0 Å². The highest BCUT2D eigenvalue weighted by molar-refractivity contribution is 5.68. The molecule has 19 heavy (non-hydrogen) atoms. The van der Waals surface area contributed by atoms with Gasteiger partial charge in [0.1, 0.15) is 17.6 Å². The molecule has 1 saturated heterocycles. The van der Waals surface area contributed by atoms with E-state index in [1.807, 2.05) is 6.07 Å². The molecule has 1 fully saturated rings. The smallest absolute Gasteiger partial charge is 0.133 e. The quantitative estimate of drug-likeness (QED) is 0.905. The molecule has 0 amide bonds. The molecule has 0 spiro atoms. The maximum atomic E-state index is 9.26. The largest absolute Gasteiger partial charge is 0.396 e. The predicted molar refractivity (Wildman–Crippen MR) is 79.1 cm³/mol. The van der Waals surface area contributed by atoms with Crippen molar-refractivity contribution in [1.82, 2.24) is 4.57 Å². The van der Waals surface area contributed by atoms with Gasteiger partial charge in [-0.1, -0.05) is 26.2 Å². The van der Waals surface area contributed by atoms with Crippen molar-refractivity contribution in [1.29, 1.82) is 5.26 Å². The van der Waals surface area contributed by atoms with Crippen LogP contribution in [0.5, 0.6) is 0 Å². The predicted octanol–water partition coefficient (Wildman–Crippen LogP) is 3.12. The van der Waals surface area contributed by atoms with Crippen LogP contribution in [0.2, 0.25) is 0 Å². The molecule has 0 radical (unpaired) electrons. The summed E-state index contributed by atoms with van der Waals surface area (Å²) < 4.78 is 2.12. The maximum absolute atomic E-state index is 9.26. The third kappa shape index (κ3) is 3.04. The maximum Gasteiger partial charge on any atom is 0.133 e. The van der Waals surface area contributed by atoms with Gasteiger partial charge in [0.05, 0.1) is 5.69 Å². The van der Waals surface area contributed by atoms with Gasteiger partial charge in [-0.25, -0.2) is 0 Å². The highest BCUT2D eigenvalue weighted by atomic mass is 15.3. The summed E-state index contributed by atoms with van der Waals surface area (Å²) in [6.45, 7) is 5.18. The lowest BCUT2D eigenvalue weighted by atomic mass is 10.2. The van der Waals surface area contributed by atoms with Crippen LogP contribution in [0.3, 0.4) is 0 Å². The molecule has 0 bridgehead atoms. The monoisotopic (exact) mass is 260 g/mol. The Hall–Kier alpha value is -1.63. The number of nitriles is 1. The number of nitrogen functional groups attached to an aromatic ring is 1. The number of nitrogens with two attached hydrogens (primary N) is 1. The zero-order valence-electron chi connectivity index (χ0n) is 11.9. The van der Waals surface area contributed by atoms with E-state index < -0.39 is 0 Å². The summed E-state index contributed by atoms with van der Waals surface area (Å²) >= 11 is 0. The number of aromatic nitrogens is 1. The molecule has 1 aromatic rings. The molecule has 2 rings (SSSR count). The Balaban J connectivity index is 2.31. The van der Waals surface area contributed by atoms with E-state index in [0.29, 0.717) is 5.69 Å². The molecule has 2 N–H and O–H groups in total. The second kappa shape index (κ2) is 6.51. The van der Waals surface area contributed by atoms with Crippen LogP contribution in [0.1, 0.15) is 51.1 Å². The molecule has 1 aliphatic heterocycles.